The monoisotopic (exact) mass is 268 g/mol. The molecule has 0 saturated carbocycles. The second kappa shape index (κ2) is 5.21. The molecule has 1 aromatic heterocycles. The van der Waals surface area contributed by atoms with E-state index in [4.69, 9.17) is 23.2 Å². The van der Waals surface area contributed by atoms with Gasteiger partial charge in [-0.15, -0.1) is 0 Å². The molecule has 0 saturated heterocycles. The molecule has 0 radical (unpaired) electrons. The quantitative estimate of drug-likeness (QED) is 0.894. The van der Waals surface area contributed by atoms with Gasteiger partial charge in [0.2, 0.25) is 0 Å². The Morgan fingerprint density at radius 2 is 1.71 bits per heavy atom. The van der Waals surface area contributed by atoms with Crippen molar-refractivity contribution in [1.29, 1.82) is 0 Å². The van der Waals surface area contributed by atoms with Crippen LogP contribution in [0.4, 0.5) is 17.3 Å². The average molecular weight is 269 g/mol. The first-order valence-corrected chi connectivity index (χ1v) is 5.67. The highest BCUT2D eigenvalue weighted by atomic mass is 35.5. The lowest BCUT2D eigenvalue weighted by atomic mass is 10.3. The molecule has 0 bridgehead atoms. The van der Waals surface area contributed by atoms with E-state index >= 15 is 0 Å². The maximum absolute atomic E-state index is 6.05. The molecule has 17 heavy (non-hydrogen) atoms. The first-order valence-electron chi connectivity index (χ1n) is 4.91. The number of para-hydroxylation sites is 1. The van der Waals surface area contributed by atoms with E-state index in [2.05, 4.69) is 20.6 Å². The van der Waals surface area contributed by atoms with Crippen LogP contribution in [0.25, 0.3) is 0 Å². The van der Waals surface area contributed by atoms with Crippen LogP contribution in [0.1, 0.15) is 0 Å². The van der Waals surface area contributed by atoms with Crippen molar-refractivity contribution >= 4 is 40.5 Å². The topological polar surface area (TPSA) is 49.8 Å². The minimum atomic E-state index is 0.544. The predicted octanol–water partition coefficient (Wildman–Crippen LogP) is 3.57. The smallest absolute Gasteiger partial charge is 0.135 e. The van der Waals surface area contributed by atoms with Crippen LogP contribution in [-0.4, -0.2) is 17.0 Å². The summed E-state index contributed by atoms with van der Waals surface area (Å²) in [5.74, 6) is 1.34. The second-order valence-electron chi connectivity index (χ2n) is 3.26. The average Bonchev–Trinajstić information content (AvgIpc) is 2.34. The van der Waals surface area contributed by atoms with Gasteiger partial charge in [0.1, 0.15) is 18.0 Å². The van der Waals surface area contributed by atoms with E-state index in [1.54, 1.807) is 31.3 Å². The predicted molar refractivity (Wildman–Crippen MR) is 71.3 cm³/mol. The van der Waals surface area contributed by atoms with Gasteiger partial charge in [0.25, 0.3) is 0 Å². The van der Waals surface area contributed by atoms with Gasteiger partial charge in [-0.2, -0.15) is 0 Å². The number of nitrogens with one attached hydrogen (secondary N) is 2. The fourth-order valence-corrected chi connectivity index (χ4v) is 1.80. The van der Waals surface area contributed by atoms with E-state index in [0.29, 0.717) is 27.4 Å². The Bertz CT molecular complexity index is 510. The Morgan fingerprint density at radius 1 is 1.06 bits per heavy atom. The van der Waals surface area contributed by atoms with Crippen LogP contribution in [0.3, 0.4) is 0 Å². The van der Waals surface area contributed by atoms with Crippen LogP contribution in [-0.2, 0) is 0 Å². The van der Waals surface area contributed by atoms with E-state index in [1.165, 1.54) is 6.33 Å². The second-order valence-corrected chi connectivity index (χ2v) is 4.07. The molecule has 4 nitrogen and oxygen atoms in total. The molecule has 0 atom stereocenters. The highest BCUT2D eigenvalue weighted by Crippen LogP contribution is 2.32. The van der Waals surface area contributed by atoms with Crippen molar-refractivity contribution in [3.8, 4) is 0 Å². The number of halogens is 2. The molecule has 2 rings (SSSR count). The lowest BCUT2D eigenvalue weighted by Crippen LogP contribution is -1.98. The van der Waals surface area contributed by atoms with E-state index in [9.17, 15) is 0 Å². The van der Waals surface area contributed by atoms with E-state index in [0.717, 1.165) is 0 Å². The molecule has 2 aromatic rings. The van der Waals surface area contributed by atoms with Gasteiger partial charge in [0.05, 0.1) is 15.7 Å². The third-order valence-corrected chi connectivity index (χ3v) is 2.77. The third-order valence-electron chi connectivity index (χ3n) is 2.14. The molecule has 0 unspecified atom stereocenters. The Kier molecular flexibility index (Phi) is 3.66. The summed E-state index contributed by atoms with van der Waals surface area (Å²) in [6.07, 6.45) is 1.46. The van der Waals surface area contributed by atoms with Gasteiger partial charge in [0.15, 0.2) is 0 Å². The van der Waals surface area contributed by atoms with Gasteiger partial charge in [-0.05, 0) is 12.1 Å². The van der Waals surface area contributed by atoms with Gasteiger partial charge < -0.3 is 10.6 Å². The van der Waals surface area contributed by atoms with Crippen molar-refractivity contribution < 1.29 is 0 Å². The molecule has 6 heteroatoms. The van der Waals surface area contributed by atoms with Crippen LogP contribution < -0.4 is 10.6 Å². The van der Waals surface area contributed by atoms with Crippen LogP contribution in [0.5, 0.6) is 0 Å². The number of anilines is 3. The summed E-state index contributed by atoms with van der Waals surface area (Å²) in [6, 6.07) is 7.07. The molecule has 0 aliphatic heterocycles. The first-order chi connectivity index (χ1) is 8.20. The van der Waals surface area contributed by atoms with Gasteiger partial charge in [-0.1, -0.05) is 29.3 Å². The minimum Gasteiger partial charge on any atom is -0.373 e. The van der Waals surface area contributed by atoms with Crippen molar-refractivity contribution in [2.75, 3.05) is 17.7 Å². The lowest BCUT2D eigenvalue weighted by Gasteiger charge is -2.09. The Labute approximate surface area is 109 Å². The summed E-state index contributed by atoms with van der Waals surface area (Å²) in [5, 5.41) is 7.07. The first kappa shape index (κ1) is 12.0. The van der Waals surface area contributed by atoms with Crippen LogP contribution in [0.2, 0.25) is 10.0 Å². The van der Waals surface area contributed by atoms with Crippen molar-refractivity contribution in [2.24, 2.45) is 0 Å². The molecule has 88 valence electrons. The minimum absolute atomic E-state index is 0.544. The highest BCUT2D eigenvalue weighted by molar-refractivity contribution is 6.39. The summed E-state index contributed by atoms with van der Waals surface area (Å²) < 4.78 is 0. The Hall–Kier alpha value is -1.52. The van der Waals surface area contributed by atoms with Crippen molar-refractivity contribution in [3.05, 3.63) is 40.6 Å². The van der Waals surface area contributed by atoms with Gasteiger partial charge in [-0.3, -0.25) is 0 Å². The highest BCUT2D eigenvalue weighted by Gasteiger charge is 2.06. The fraction of sp³-hybridized carbons (Fsp3) is 0.0909. The summed E-state index contributed by atoms with van der Waals surface area (Å²) in [4.78, 5) is 8.10. The van der Waals surface area contributed by atoms with Gasteiger partial charge in [0, 0.05) is 13.1 Å². The normalized spacial score (nSPS) is 10.1. The van der Waals surface area contributed by atoms with E-state index < -0.39 is 0 Å². The zero-order valence-corrected chi connectivity index (χ0v) is 10.5. The largest absolute Gasteiger partial charge is 0.373 e. The number of benzene rings is 1. The molecule has 2 N–H and O–H groups in total. The number of nitrogens with zero attached hydrogens (tertiary/aromatic N) is 2. The summed E-state index contributed by atoms with van der Waals surface area (Å²) in [6.45, 7) is 0. The SMILES string of the molecule is CNc1cc(Nc2c(Cl)cccc2Cl)ncn1. The third kappa shape index (κ3) is 2.78. The maximum Gasteiger partial charge on any atom is 0.135 e. The lowest BCUT2D eigenvalue weighted by molar-refractivity contribution is 1.16. The number of rotatable bonds is 3. The van der Waals surface area contributed by atoms with Gasteiger partial charge >= 0.3 is 0 Å². The summed E-state index contributed by atoms with van der Waals surface area (Å²) >= 11 is 12.1. The zero-order chi connectivity index (χ0) is 12.3. The maximum atomic E-state index is 6.05. The molecule has 0 aliphatic carbocycles. The van der Waals surface area contributed by atoms with E-state index in [-0.39, 0.29) is 0 Å². The van der Waals surface area contributed by atoms with Gasteiger partial charge in [-0.25, -0.2) is 9.97 Å². The molecule has 0 fully saturated rings. The molecule has 0 aliphatic rings. The number of aromatic nitrogens is 2. The molecule has 0 spiro atoms. The molecule has 0 amide bonds. The van der Waals surface area contributed by atoms with Crippen LogP contribution in [0, 0.1) is 0 Å². The van der Waals surface area contributed by atoms with Crippen LogP contribution >= 0.6 is 23.2 Å². The molecular formula is C11H10Cl2N4. The molecule has 1 aromatic carbocycles. The summed E-state index contributed by atoms with van der Waals surface area (Å²) in [5.41, 5.74) is 0.636. The Balaban J connectivity index is 2.31. The van der Waals surface area contributed by atoms with Crippen molar-refractivity contribution in [3.63, 3.8) is 0 Å². The fourth-order valence-electron chi connectivity index (χ4n) is 1.31. The summed E-state index contributed by atoms with van der Waals surface area (Å²) in [7, 11) is 1.79. The zero-order valence-electron chi connectivity index (χ0n) is 9.04. The number of hydrogen-bond donors (Lipinski definition) is 2. The number of hydrogen-bond acceptors (Lipinski definition) is 4. The molecular weight excluding hydrogens is 259 g/mol. The molecule has 1 heterocycles. The Morgan fingerprint density at radius 3 is 2.35 bits per heavy atom. The van der Waals surface area contributed by atoms with Crippen molar-refractivity contribution in [1.82, 2.24) is 9.97 Å². The van der Waals surface area contributed by atoms with E-state index in [1.807, 2.05) is 0 Å². The standard InChI is InChI=1S/C11H10Cl2N4/c1-14-9-5-10(16-6-15-9)17-11-7(12)3-2-4-8(11)13/h2-6H,1H3,(H2,14,15,16,17). The van der Waals surface area contributed by atoms with Crippen molar-refractivity contribution in [2.45, 2.75) is 0 Å². The van der Waals surface area contributed by atoms with Crippen LogP contribution in [0.15, 0.2) is 30.6 Å².